The molecule has 0 bridgehead atoms. The second-order valence-corrected chi connectivity index (χ2v) is 5.83. The van der Waals surface area contributed by atoms with Gasteiger partial charge in [-0.3, -0.25) is 4.79 Å². The lowest BCUT2D eigenvalue weighted by atomic mass is 10.00. The zero-order valence-electron chi connectivity index (χ0n) is 11.9. The summed E-state index contributed by atoms with van der Waals surface area (Å²) in [6.07, 6.45) is 2.24. The van der Waals surface area contributed by atoms with Crippen molar-refractivity contribution >= 4 is 17.3 Å². The van der Waals surface area contributed by atoms with E-state index in [1.54, 1.807) is 0 Å². The van der Waals surface area contributed by atoms with Crippen molar-refractivity contribution in [1.29, 1.82) is 0 Å². The molecule has 1 unspecified atom stereocenters. The van der Waals surface area contributed by atoms with Gasteiger partial charge in [0.1, 0.15) is 5.02 Å². The number of anilines is 1. The number of rotatable bonds is 6. The number of nitrogens with zero attached hydrogens (tertiary/aromatic N) is 2. The topological polar surface area (TPSA) is 67.2 Å². The second kappa shape index (κ2) is 6.39. The molecular weight excluding hydrogens is 266 g/mol. The molecule has 19 heavy (non-hydrogen) atoms. The van der Waals surface area contributed by atoms with Gasteiger partial charge in [0, 0.05) is 6.54 Å². The predicted octanol–water partition coefficient (Wildman–Crippen LogP) is 2.13. The van der Waals surface area contributed by atoms with E-state index < -0.39 is 5.54 Å². The van der Waals surface area contributed by atoms with Gasteiger partial charge in [0.2, 0.25) is 0 Å². The molecule has 0 aliphatic carbocycles. The van der Waals surface area contributed by atoms with Crippen LogP contribution < -0.4 is 10.9 Å². The molecule has 1 aromatic rings. The molecule has 1 heterocycles. The van der Waals surface area contributed by atoms with Crippen LogP contribution in [0.2, 0.25) is 5.02 Å². The van der Waals surface area contributed by atoms with Crippen molar-refractivity contribution in [2.24, 2.45) is 5.92 Å². The van der Waals surface area contributed by atoms with E-state index >= 15 is 0 Å². The number of nitrogens with one attached hydrogen (secondary N) is 1. The van der Waals surface area contributed by atoms with Crippen LogP contribution >= 0.6 is 11.6 Å². The minimum absolute atomic E-state index is 0.0467. The summed E-state index contributed by atoms with van der Waals surface area (Å²) < 4.78 is 1.36. The minimum atomic E-state index is -0.512. The van der Waals surface area contributed by atoms with Gasteiger partial charge in [-0.15, -0.1) is 0 Å². The SMILES string of the molecule is CCC(C)(CO)Nc1cnn(CC(C)C)c(=O)c1Cl. The van der Waals surface area contributed by atoms with Gasteiger partial charge in [-0.2, -0.15) is 5.10 Å². The van der Waals surface area contributed by atoms with E-state index in [0.29, 0.717) is 24.6 Å². The Kier molecular flexibility index (Phi) is 5.38. The number of aliphatic hydroxyl groups is 1. The van der Waals surface area contributed by atoms with E-state index in [2.05, 4.69) is 10.4 Å². The van der Waals surface area contributed by atoms with Gasteiger partial charge in [-0.05, 0) is 19.3 Å². The second-order valence-electron chi connectivity index (χ2n) is 5.45. The molecule has 0 radical (unpaired) electrons. The fourth-order valence-corrected chi connectivity index (χ4v) is 1.79. The Labute approximate surface area is 118 Å². The van der Waals surface area contributed by atoms with Crippen molar-refractivity contribution in [3.05, 3.63) is 21.6 Å². The molecule has 0 aliphatic rings. The van der Waals surface area contributed by atoms with Crippen LogP contribution in [0, 0.1) is 5.92 Å². The fraction of sp³-hybridized carbons (Fsp3) is 0.692. The van der Waals surface area contributed by atoms with Crippen LogP contribution in [0.4, 0.5) is 5.69 Å². The third kappa shape index (κ3) is 3.94. The van der Waals surface area contributed by atoms with Crippen molar-refractivity contribution in [1.82, 2.24) is 9.78 Å². The van der Waals surface area contributed by atoms with E-state index in [4.69, 9.17) is 11.6 Å². The molecule has 0 fully saturated rings. The summed E-state index contributed by atoms with van der Waals surface area (Å²) in [6.45, 7) is 8.31. The molecule has 6 heteroatoms. The molecule has 1 atom stereocenters. The third-order valence-electron chi connectivity index (χ3n) is 3.09. The lowest BCUT2D eigenvalue weighted by Crippen LogP contribution is -2.39. The predicted molar refractivity (Wildman–Crippen MR) is 77.7 cm³/mol. The molecule has 5 nitrogen and oxygen atoms in total. The molecule has 0 saturated heterocycles. The molecule has 0 spiro atoms. The van der Waals surface area contributed by atoms with Gasteiger partial charge in [-0.1, -0.05) is 32.4 Å². The number of aliphatic hydroxyl groups excluding tert-OH is 1. The monoisotopic (exact) mass is 287 g/mol. The Morgan fingerprint density at radius 1 is 1.58 bits per heavy atom. The number of hydrogen-bond donors (Lipinski definition) is 2. The van der Waals surface area contributed by atoms with Crippen molar-refractivity contribution in [3.63, 3.8) is 0 Å². The Morgan fingerprint density at radius 2 is 2.21 bits per heavy atom. The highest BCUT2D eigenvalue weighted by molar-refractivity contribution is 6.32. The van der Waals surface area contributed by atoms with Crippen molar-refractivity contribution < 1.29 is 5.11 Å². The van der Waals surface area contributed by atoms with Crippen LogP contribution in [0.15, 0.2) is 11.0 Å². The van der Waals surface area contributed by atoms with Gasteiger partial charge in [-0.25, -0.2) is 4.68 Å². The minimum Gasteiger partial charge on any atom is -0.394 e. The van der Waals surface area contributed by atoms with Crippen molar-refractivity contribution in [2.75, 3.05) is 11.9 Å². The molecular formula is C13H22ClN3O2. The summed E-state index contributed by atoms with van der Waals surface area (Å²) in [5.74, 6) is 0.318. The van der Waals surface area contributed by atoms with E-state index in [0.717, 1.165) is 0 Å². The van der Waals surface area contributed by atoms with Crippen LogP contribution in [-0.2, 0) is 6.54 Å². The van der Waals surface area contributed by atoms with Gasteiger partial charge in [0.25, 0.3) is 5.56 Å². The Hall–Kier alpha value is -1.07. The highest BCUT2D eigenvalue weighted by Gasteiger charge is 2.22. The van der Waals surface area contributed by atoms with Gasteiger partial charge >= 0.3 is 0 Å². The molecule has 108 valence electrons. The maximum Gasteiger partial charge on any atom is 0.287 e. The molecule has 2 N–H and O–H groups in total. The molecule has 0 amide bonds. The summed E-state index contributed by atoms with van der Waals surface area (Å²) in [6, 6.07) is 0. The fourth-order valence-electron chi connectivity index (χ4n) is 1.59. The van der Waals surface area contributed by atoms with Crippen LogP contribution in [0.1, 0.15) is 34.1 Å². The van der Waals surface area contributed by atoms with Gasteiger partial charge < -0.3 is 10.4 Å². The summed E-state index contributed by atoms with van der Waals surface area (Å²) in [5, 5.41) is 16.7. The average Bonchev–Trinajstić information content (AvgIpc) is 2.38. The maximum absolute atomic E-state index is 12.1. The summed E-state index contributed by atoms with van der Waals surface area (Å²) >= 11 is 6.08. The highest BCUT2D eigenvalue weighted by atomic mass is 35.5. The van der Waals surface area contributed by atoms with Crippen molar-refractivity contribution in [3.8, 4) is 0 Å². The molecule has 0 aliphatic heterocycles. The first-order valence-corrected chi connectivity index (χ1v) is 6.85. The maximum atomic E-state index is 12.1. The summed E-state index contributed by atoms with van der Waals surface area (Å²) in [4.78, 5) is 12.1. The largest absolute Gasteiger partial charge is 0.394 e. The Bertz CT molecular complexity index is 481. The zero-order valence-corrected chi connectivity index (χ0v) is 12.7. The van der Waals surface area contributed by atoms with E-state index in [1.807, 2.05) is 27.7 Å². The van der Waals surface area contributed by atoms with Crippen LogP contribution in [-0.4, -0.2) is 27.0 Å². The summed E-state index contributed by atoms with van der Waals surface area (Å²) in [7, 11) is 0. The van der Waals surface area contributed by atoms with E-state index in [-0.39, 0.29) is 17.2 Å². The molecule has 1 aromatic heterocycles. The lowest BCUT2D eigenvalue weighted by molar-refractivity contribution is 0.219. The first-order chi connectivity index (χ1) is 8.83. The highest BCUT2D eigenvalue weighted by Crippen LogP contribution is 2.22. The van der Waals surface area contributed by atoms with Crippen molar-refractivity contribution in [2.45, 2.75) is 46.2 Å². The standard InChI is InChI=1S/C13H22ClN3O2/c1-5-13(4,8-18)16-10-6-15-17(7-9(2)3)12(19)11(10)14/h6,9,16,18H,5,7-8H2,1-4H3. The Balaban J connectivity index is 3.06. The van der Waals surface area contributed by atoms with Gasteiger partial charge in [0.15, 0.2) is 0 Å². The quantitative estimate of drug-likeness (QED) is 0.841. The zero-order chi connectivity index (χ0) is 14.6. The van der Waals surface area contributed by atoms with E-state index in [9.17, 15) is 9.90 Å². The number of aromatic nitrogens is 2. The summed E-state index contributed by atoms with van der Waals surface area (Å²) in [5.41, 5.74) is -0.357. The first-order valence-electron chi connectivity index (χ1n) is 6.47. The van der Waals surface area contributed by atoms with Crippen LogP contribution in [0.3, 0.4) is 0 Å². The number of halogens is 1. The van der Waals surface area contributed by atoms with Crippen LogP contribution in [0.5, 0.6) is 0 Å². The molecule has 1 rings (SSSR count). The first kappa shape index (κ1) is 16.0. The molecule has 0 saturated carbocycles. The smallest absolute Gasteiger partial charge is 0.287 e. The Morgan fingerprint density at radius 3 is 2.68 bits per heavy atom. The normalized spacial score (nSPS) is 14.5. The third-order valence-corrected chi connectivity index (χ3v) is 3.45. The lowest BCUT2D eigenvalue weighted by Gasteiger charge is -2.28. The van der Waals surface area contributed by atoms with Gasteiger partial charge in [0.05, 0.1) is 24.0 Å². The van der Waals surface area contributed by atoms with E-state index in [1.165, 1.54) is 10.9 Å². The van der Waals surface area contributed by atoms with Crippen LogP contribution in [0.25, 0.3) is 0 Å². The average molecular weight is 288 g/mol. The molecule has 0 aromatic carbocycles. The number of hydrogen-bond acceptors (Lipinski definition) is 4.